The maximum atomic E-state index is 6.06. The molecular formula is C24H46N4O8S. The molecule has 0 radical (unpaired) electrons. The smallest absolute Gasteiger partial charge is 0.270 e. The highest BCUT2D eigenvalue weighted by molar-refractivity contribution is 6.99. The molecule has 1 saturated heterocycles. The molecule has 1 aliphatic heterocycles. The Bertz CT molecular complexity index is 673. The molecule has 1 aromatic rings. The van der Waals surface area contributed by atoms with Gasteiger partial charge in [-0.1, -0.05) is 0 Å². The Morgan fingerprint density at radius 2 is 1.43 bits per heavy atom. The summed E-state index contributed by atoms with van der Waals surface area (Å²) >= 11 is 1.16. The molecule has 37 heavy (non-hydrogen) atoms. The minimum absolute atomic E-state index is 0.0304. The number of rotatable bonds is 22. The van der Waals surface area contributed by atoms with Crippen LogP contribution in [0.1, 0.15) is 20.8 Å². The van der Waals surface area contributed by atoms with Gasteiger partial charge in [-0.25, -0.2) is 0 Å². The van der Waals surface area contributed by atoms with E-state index in [1.807, 2.05) is 0 Å². The van der Waals surface area contributed by atoms with E-state index < -0.39 is 0 Å². The molecule has 0 amide bonds. The third-order valence-corrected chi connectivity index (χ3v) is 5.65. The summed E-state index contributed by atoms with van der Waals surface area (Å²) in [5.41, 5.74) is -0.0304. The van der Waals surface area contributed by atoms with Gasteiger partial charge in [0.15, 0.2) is 0 Å². The number of hydrogen-bond acceptors (Lipinski definition) is 13. The van der Waals surface area contributed by atoms with Gasteiger partial charge in [0.1, 0.15) is 12.7 Å². The van der Waals surface area contributed by atoms with E-state index in [1.165, 1.54) is 0 Å². The van der Waals surface area contributed by atoms with Crippen LogP contribution in [-0.4, -0.2) is 133 Å². The zero-order valence-corrected chi connectivity index (χ0v) is 23.7. The Labute approximate surface area is 225 Å². The second-order valence-electron chi connectivity index (χ2n) is 9.37. The third kappa shape index (κ3) is 15.8. The fraction of sp³-hybridized carbons (Fsp3) is 0.917. The maximum Gasteiger partial charge on any atom is 0.270 e. The molecule has 216 valence electrons. The highest BCUT2D eigenvalue weighted by Crippen LogP contribution is 2.26. The standard InChI is InChI=1S/C24H46N4O8S/c1-24(2,3)25-19-21(20-36-23-22(26-37-27-23)28-5-7-30-8-6-28)35-18-17-34-16-15-33-14-13-32-12-11-31-10-9-29-4/h21,25H,5-20H2,1-4H3. The Morgan fingerprint density at radius 1 is 0.865 bits per heavy atom. The molecule has 1 aliphatic rings. The third-order valence-electron chi connectivity index (χ3n) is 5.15. The summed E-state index contributed by atoms with van der Waals surface area (Å²) in [6, 6.07) is 0. The first-order valence-electron chi connectivity index (χ1n) is 12.9. The molecule has 0 spiro atoms. The van der Waals surface area contributed by atoms with Crippen LogP contribution in [-0.2, 0) is 33.2 Å². The van der Waals surface area contributed by atoms with Crippen LogP contribution in [0.5, 0.6) is 5.88 Å². The van der Waals surface area contributed by atoms with Gasteiger partial charge < -0.3 is 48.1 Å². The van der Waals surface area contributed by atoms with Gasteiger partial charge in [-0.2, -0.15) is 4.37 Å². The first-order chi connectivity index (χ1) is 18.0. The summed E-state index contributed by atoms with van der Waals surface area (Å²) in [6.07, 6.45) is -0.158. The summed E-state index contributed by atoms with van der Waals surface area (Å²) in [4.78, 5) is 2.15. The molecule has 2 heterocycles. The van der Waals surface area contributed by atoms with Gasteiger partial charge in [-0.3, -0.25) is 0 Å². The molecule has 0 saturated carbocycles. The zero-order valence-electron chi connectivity index (χ0n) is 22.9. The normalized spacial score (nSPS) is 15.3. The largest absolute Gasteiger partial charge is 0.472 e. The number of ether oxygens (including phenoxy) is 8. The Morgan fingerprint density at radius 3 is 2.00 bits per heavy atom. The van der Waals surface area contributed by atoms with E-state index in [-0.39, 0.29) is 11.6 Å². The number of anilines is 1. The van der Waals surface area contributed by atoms with Crippen molar-refractivity contribution in [1.82, 2.24) is 14.1 Å². The second-order valence-corrected chi connectivity index (χ2v) is 9.90. The van der Waals surface area contributed by atoms with Gasteiger partial charge in [-0.15, -0.1) is 4.37 Å². The van der Waals surface area contributed by atoms with Crippen molar-refractivity contribution in [2.45, 2.75) is 32.4 Å². The monoisotopic (exact) mass is 550 g/mol. The van der Waals surface area contributed by atoms with Gasteiger partial charge in [0, 0.05) is 32.3 Å². The second kappa shape index (κ2) is 19.8. The van der Waals surface area contributed by atoms with Crippen LogP contribution < -0.4 is 15.0 Å². The molecule has 1 aromatic heterocycles. The molecule has 1 unspecified atom stereocenters. The number of methoxy groups -OCH3 is 1. The van der Waals surface area contributed by atoms with Gasteiger partial charge in [0.2, 0.25) is 5.82 Å². The summed E-state index contributed by atoms with van der Waals surface area (Å²) in [7, 11) is 1.65. The number of aromatic nitrogens is 2. The summed E-state index contributed by atoms with van der Waals surface area (Å²) in [5.74, 6) is 1.33. The molecule has 2 rings (SSSR count). The molecule has 1 atom stereocenters. The number of nitrogens with one attached hydrogen (secondary N) is 1. The molecule has 0 aliphatic carbocycles. The average molecular weight is 551 g/mol. The minimum Gasteiger partial charge on any atom is -0.472 e. The maximum absolute atomic E-state index is 6.06. The van der Waals surface area contributed by atoms with Gasteiger partial charge in [0.05, 0.1) is 91.0 Å². The van der Waals surface area contributed by atoms with E-state index in [0.717, 1.165) is 30.6 Å². The average Bonchev–Trinajstić information content (AvgIpc) is 3.36. The predicted molar refractivity (Wildman–Crippen MR) is 141 cm³/mol. The lowest BCUT2D eigenvalue weighted by atomic mass is 10.1. The van der Waals surface area contributed by atoms with E-state index in [2.05, 4.69) is 39.7 Å². The lowest BCUT2D eigenvalue weighted by Crippen LogP contribution is -2.44. The molecule has 0 aromatic carbocycles. The topological polar surface area (TPSA) is 115 Å². The van der Waals surface area contributed by atoms with Crippen molar-refractivity contribution >= 4 is 17.5 Å². The SMILES string of the molecule is COCCOCCOCCOCCOCCOC(CNC(C)(C)C)COc1nsnc1N1CCOCC1. The first-order valence-corrected chi connectivity index (χ1v) is 13.7. The van der Waals surface area contributed by atoms with Crippen LogP contribution in [0.25, 0.3) is 0 Å². The van der Waals surface area contributed by atoms with Crippen molar-refractivity contribution in [1.29, 1.82) is 0 Å². The summed E-state index contributed by atoms with van der Waals surface area (Å²) < 4.78 is 53.1. The minimum atomic E-state index is -0.158. The molecule has 1 N–H and O–H groups in total. The number of hydrogen-bond donors (Lipinski definition) is 1. The number of morpholine rings is 1. The molecule has 13 heteroatoms. The molecule has 0 bridgehead atoms. The Kier molecular flexibility index (Phi) is 17.2. The lowest BCUT2D eigenvalue weighted by molar-refractivity contribution is -0.0330. The lowest BCUT2D eigenvalue weighted by Gasteiger charge is -2.27. The zero-order chi connectivity index (χ0) is 26.6. The van der Waals surface area contributed by atoms with Crippen molar-refractivity contribution in [3.63, 3.8) is 0 Å². The molecule has 12 nitrogen and oxygen atoms in total. The van der Waals surface area contributed by atoms with Crippen molar-refractivity contribution < 1.29 is 37.9 Å². The van der Waals surface area contributed by atoms with Crippen molar-refractivity contribution in [2.24, 2.45) is 0 Å². The van der Waals surface area contributed by atoms with Crippen LogP contribution in [0.2, 0.25) is 0 Å². The summed E-state index contributed by atoms with van der Waals surface area (Å²) in [6.45, 7) is 15.6. The Balaban J connectivity index is 1.56. The highest BCUT2D eigenvalue weighted by Gasteiger charge is 2.22. The van der Waals surface area contributed by atoms with Gasteiger partial charge in [-0.05, 0) is 20.8 Å². The summed E-state index contributed by atoms with van der Waals surface area (Å²) in [5, 5.41) is 3.48. The van der Waals surface area contributed by atoms with Crippen LogP contribution in [0.15, 0.2) is 0 Å². The Hall–Kier alpha value is -1.16. The van der Waals surface area contributed by atoms with E-state index in [9.17, 15) is 0 Å². The predicted octanol–water partition coefficient (Wildman–Crippen LogP) is 1.24. The fourth-order valence-electron chi connectivity index (χ4n) is 3.17. The van der Waals surface area contributed by atoms with Crippen molar-refractivity contribution in [2.75, 3.05) is 118 Å². The fourth-order valence-corrected chi connectivity index (χ4v) is 3.69. The highest BCUT2D eigenvalue weighted by atomic mass is 32.1. The van der Waals surface area contributed by atoms with Crippen molar-refractivity contribution in [3.8, 4) is 5.88 Å². The first kappa shape index (κ1) is 32.1. The molecular weight excluding hydrogens is 504 g/mol. The van der Waals surface area contributed by atoms with E-state index in [4.69, 9.17) is 37.9 Å². The van der Waals surface area contributed by atoms with Crippen molar-refractivity contribution in [3.05, 3.63) is 0 Å². The van der Waals surface area contributed by atoms with Crippen LogP contribution >= 0.6 is 11.7 Å². The van der Waals surface area contributed by atoms with E-state index >= 15 is 0 Å². The number of nitrogens with zero attached hydrogens (tertiary/aromatic N) is 3. The quantitative estimate of drug-likeness (QED) is 0.210. The van der Waals surface area contributed by atoms with Crippen LogP contribution in [0, 0.1) is 0 Å². The van der Waals surface area contributed by atoms with Gasteiger partial charge >= 0.3 is 0 Å². The van der Waals surface area contributed by atoms with Crippen LogP contribution in [0.3, 0.4) is 0 Å². The van der Waals surface area contributed by atoms with E-state index in [0.29, 0.717) is 98.3 Å². The van der Waals surface area contributed by atoms with Crippen LogP contribution in [0.4, 0.5) is 5.82 Å². The van der Waals surface area contributed by atoms with E-state index in [1.54, 1.807) is 7.11 Å². The van der Waals surface area contributed by atoms with Gasteiger partial charge in [0.25, 0.3) is 5.88 Å². The molecule has 1 fully saturated rings.